The van der Waals surface area contributed by atoms with Crippen molar-refractivity contribution >= 4 is 6.29 Å². The van der Waals surface area contributed by atoms with Crippen LogP contribution in [0.25, 0.3) is 5.69 Å². The number of aryl methyl sites for hydroxylation is 1. The summed E-state index contributed by atoms with van der Waals surface area (Å²) in [4.78, 5) is 10.9. The Morgan fingerprint density at radius 1 is 1.24 bits per heavy atom. The SMILES string of the molecule is Cc1c(F)cccc1-n1c(C)cc(C=O)c1C. The zero-order valence-corrected chi connectivity index (χ0v) is 10.1. The highest BCUT2D eigenvalue weighted by Gasteiger charge is 2.13. The maximum absolute atomic E-state index is 13.5. The van der Waals surface area contributed by atoms with Crippen LogP contribution in [0.1, 0.15) is 27.3 Å². The fourth-order valence-electron chi connectivity index (χ4n) is 2.12. The van der Waals surface area contributed by atoms with Crippen molar-refractivity contribution in [2.24, 2.45) is 0 Å². The molecule has 0 aliphatic carbocycles. The van der Waals surface area contributed by atoms with Gasteiger partial charge in [-0.25, -0.2) is 4.39 Å². The summed E-state index contributed by atoms with van der Waals surface area (Å²) in [6.07, 6.45) is 0.827. The Morgan fingerprint density at radius 3 is 2.53 bits per heavy atom. The third kappa shape index (κ3) is 1.78. The lowest BCUT2D eigenvalue weighted by Crippen LogP contribution is -2.03. The van der Waals surface area contributed by atoms with Crippen molar-refractivity contribution in [3.05, 3.63) is 52.6 Å². The first-order valence-electron chi connectivity index (χ1n) is 5.46. The zero-order valence-electron chi connectivity index (χ0n) is 10.1. The van der Waals surface area contributed by atoms with Crippen LogP contribution < -0.4 is 0 Å². The molecule has 2 nitrogen and oxygen atoms in total. The number of carbonyl (C=O) groups is 1. The van der Waals surface area contributed by atoms with Crippen LogP contribution in [0.5, 0.6) is 0 Å². The van der Waals surface area contributed by atoms with Gasteiger partial charge in [0, 0.05) is 22.5 Å². The Bertz CT molecular complexity index is 584. The van der Waals surface area contributed by atoms with Crippen LogP contribution in [0.2, 0.25) is 0 Å². The molecule has 1 heterocycles. The Balaban J connectivity index is 2.72. The summed E-state index contributed by atoms with van der Waals surface area (Å²) in [5, 5.41) is 0. The molecule has 0 aliphatic rings. The van der Waals surface area contributed by atoms with Crippen LogP contribution in [0.4, 0.5) is 4.39 Å². The molecule has 0 saturated carbocycles. The predicted molar refractivity (Wildman–Crippen MR) is 65.3 cm³/mol. The summed E-state index contributed by atoms with van der Waals surface area (Å²) in [6.45, 7) is 5.51. The first-order valence-corrected chi connectivity index (χ1v) is 5.46. The van der Waals surface area contributed by atoms with Gasteiger partial charge < -0.3 is 4.57 Å². The van der Waals surface area contributed by atoms with Gasteiger partial charge in [0.25, 0.3) is 0 Å². The highest BCUT2D eigenvalue weighted by atomic mass is 19.1. The van der Waals surface area contributed by atoms with E-state index in [1.165, 1.54) is 6.07 Å². The molecule has 0 radical (unpaired) electrons. The first-order chi connectivity index (χ1) is 8.06. The summed E-state index contributed by atoms with van der Waals surface area (Å²) < 4.78 is 15.4. The molecule has 0 unspecified atom stereocenters. The van der Waals surface area contributed by atoms with Gasteiger partial charge in [0.1, 0.15) is 5.82 Å². The smallest absolute Gasteiger partial charge is 0.151 e. The molecule has 0 N–H and O–H groups in total. The average Bonchev–Trinajstić information content (AvgIpc) is 2.58. The summed E-state index contributed by atoms with van der Waals surface area (Å²) in [7, 11) is 0. The third-order valence-corrected chi connectivity index (χ3v) is 3.08. The Kier molecular flexibility index (Phi) is 2.84. The lowest BCUT2D eigenvalue weighted by molar-refractivity contribution is 0.112. The molecule has 1 aromatic heterocycles. The van der Waals surface area contributed by atoms with E-state index in [1.54, 1.807) is 13.0 Å². The van der Waals surface area contributed by atoms with Crippen LogP contribution in [0.15, 0.2) is 24.3 Å². The van der Waals surface area contributed by atoms with E-state index in [2.05, 4.69) is 0 Å². The number of carbonyl (C=O) groups excluding carboxylic acids is 1. The van der Waals surface area contributed by atoms with Crippen molar-refractivity contribution in [3.63, 3.8) is 0 Å². The molecule has 0 fully saturated rings. The monoisotopic (exact) mass is 231 g/mol. The van der Waals surface area contributed by atoms with E-state index in [9.17, 15) is 9.18 Å². The van der Waals surface area contributed by atoms with Crippen molar-refractivity contribution in [2.75, 3.05) is 0 Å². The number of nitrogens with zero attached hydrogens (tertiary/aromatic N) is 1. The maximum Gasteiger partial charge on any atom is 0.151 e. The molecule has 0 amide bonds. The second-order valence-corrected chi connectivity index (χ2v) is 4.16. The summed E-state index contributed by atoms with van der Waals surface area (Å²) in [5.41, 5.74) is 3.79. The molecule has 3 heteroatoms. The zero-order chi connectivity index (χ0) is 12.6. The van der Waals surface area contributed by atoms with Gasteiger partial charge in [-0.1, -0.05) is 6.07 Å². The minimum Gasteiger partial charge on any atom is -0.317 e. The van der Waals surface area contributed by atoms with Crippen molar-refractivity contribution in [1.82, 2.24) is 4.57 Å². The van der Waals surface area contributed by atoms with Crippen molar-refractivity contribution in [1.29, 1.82) is 0 Å². The normalized spacial score (nSPS) is 10.6. The first kappa shape index (κ1) is 11.6. The minimum atomic E-state index is -0.234. The van der Waals surface area contributed by atoms with E-state index in [0.717, 1.165) is 23.4 Å². The molecule has 17 heavy (non-hydrogen) atoms. The molecule has 0 saturated heterocycles. The largest absolute Gasteiger partial charge is 0.317 e. The fraction of sp³-hybridized carbons (Fsp3) is 0.214. The summed E-state index contributed by atoms with van der Waals surface area (Å²) in [5.74, 6) is -0.234. The van der Waals surface area contributed by atoms with Crippen LogP contribution in [0, 0.1) is 26.6 Å². The molecule has 0 aliphatic heterocycles. The van der Waals surface area contributed by atoms with Gasteiger partial charge in [0.15, 0.2) is 6.29 Å². The molecule has 2 aromatic rings. The molecule has 0 bridgehead atoms. The lowest BCUT2D eigenvalue weighted by atomic mass is 10.2. The maximum atomic E-state index is 13.5. The molecule has 2 rings (SSSR count). The number of aromatic nitrogens is 1. The standard InChI is InChI=1S/C14H14FNO/c1-9-7-12(8-17)11(3)16(9)14-6-4-5-13(15)10(14)2/h4-8H,1-3H3. The van der Waals surface area contributed by atoms with Gasteiger partial charge in [-0.05, 0) is 39.0 Å². The van der Waals surface area contributed by atoms with Gasteiger partial charge in [0.05, 0.1) is 5.69 Å². The van der Waals surface area contributed by atoms with Gasteiger partial charge in [0.2, 0.25) is 0 Å². The molecule has 0 spiro atoms. The molecular weight excluding hydrogens is 217 g/mol. The van der Waals surface area contributed by atoms with Crippen LogP contribution >= 0.6 is 0 Å². The van der Waals surface area contributed by atoms with E-state index < -0.39 is 0 Å². The van der Waals surface area contributed by atoms with Crippen molar-refractivity contribution in [3.8, 4) is 5.69 Å². The molecule has 1 aromatic carbocycles. The van der Waals surface area contributed by atoms with Crippen LogP contribution in [-0.4, -0.2) is 10.9 Å². The quantitative estimate of drug-likeness (QED) is 0.726. The average molecular weight is 231 g/mol. The van der Waals surface area contributed by atoms with Gasteiger partial charge in [-0.3, -0.25) is 4.79 Å². The lowest BCUT2D eigenvalue weighted by Gasteiger charge is -2.12. The van der Waals surface area contributed by atoms with Crippen molar-refractivity contribution in [2.45, 2.75) is 20.8 Å². The highest BCUT2D eigenvalue weighted by molar-refractivity contribution is 5.77. The number of hydrogen-bond donors (Lipinski definition) is 0. The fourth-order valence-corrected chi connectivity index (χ4v) is 2.12. The predicted octanol–water partition coefficient (Wildman–Crippen LogP) is 3.35. The second kappa shape index (κ2) is 4.17. The Morgan fingerprint density at radius 2 is 1.94 bits per heavy atom. The third-order valence-electron chi connectivity index (χ3n) is 3.08. The van der Waals surface area contributed by atoms with Gasteiger partial charge in [-0.2, -0.15) is 0 Å². The Hall–Kier alpha value is -1.90. The molecular formula is C14H14FNO. The van der Waals surface area contributed by atoms with E-state index in [4.69, 9.17) is 0 Å². The molecule has 0 atom stereocenters. The summed E-state index contributed by atoms with van der Waals surface area (Å²) >= 11 is 0. The number of hydrogen-bond acceptors (Lipinski definition) is 1. The number of benzene rings is 1. The Labute approximate surface area is 99.7 Å². The van der Waals surface area contributed by atoms with E-state index >= 15 is 0 Å². The highest BCUT2D eigenvalue weighted by Crippen LogP contribution is 2.23. The summed E-state index contributed by atoms with van der Waals surface area (Å²) in [6, 6.07) is 6.78. The van der Waals surface area contributed by atoms with E-state index in [-0.39, 0.29) is 5.82 Å². The van der Waals surface area contributed by atoms with Gasteiger partial charge >= 0.3 is 0 Å². The second-order valence-electron chi connectivity index (χ2n) is 4.16. The van der Waals surface area contributed by atoms with Gasteiger partial charge in [-0.15, -0.1) is 0 Å². The van der Waals surface area contributed by atoms with Crippen LogP contribution in [-0.2, 0) is 0 Å². The number of aldehydes is 1. The topological polar surface area (TPSA) is 22.0 Å². The minimum absolute atomic E-state index is 0.234. The van der Waals surface area contributed by atoms with Crippen LogP contribution in [0.3, 0.4) is 0 Å². The number of halogens is 1. The number of rotatable bonds is 2. The van der Waals surface area contributed by atoms with Crippen molar-refractivity contribution < 1.29 is 9.18 Å². The molecule has 88 valence electrons. The van der Waals surface area contributed by atoms with E-state index in [0.29, 0.717) is 11.1 Å². The van der Waals surface area contributed by atoms with E-state index in [1.807, 2.05) is 30.5 Å².